The molecule has 0 saturated heterocycles. The molecule has 2 heterocycles. The first kappa shape index (κ1) is 16.7. The molecular weight excluding hydrogens is 290 g/mol. The second kappa shape index (κ2) is 9.40. The summed E-state index contributed by atoms with van der Waals surface area (Å²) in [6.07, 6.45) is 6.19. The van der Waals surface area contributed by atoms with Gasteiger partial charge in [-0.05, 0) is 31.0 Å². The molecule has 6 nitrogen and oxygen atoms in total. The van der Waals surface area contributed by atoms with Gasteiger partial charge in [0.15, 0.2) is 5.96 Å². The van der Waals surface area contributed by atoms with E-state index in [0.717, 1.165) is 25.0 Å². The van der Waals surface area contributed by atoms with Gasteiger partial charge in [0.2, 0.25) is 5.56 Å². The summed E-state index contributed by atoms with van der Waals surface area (Å²) in [6.45, 7) is 2.08. The quantitative estimate of drug-likeness (QED) is 0.435. The van der Waals surface area contributed by atoms with Crippen LogP contribution in [0.3, 0.4) is 0 Å². The van der Waals surface area contributed by atoms with Gasteiger partial charge in [0.05, 0.1) is 0 Å². The van der Waals surface area contributed by atoms with Gasteiger partial charge in [-0.25, -0.2) is 0 Å². The summed E-state index contributed by atoms with van der Waals surface area (Å²) in [5.41, 5.74) is 6.88. The Bertz CT molecular complexity index is 666. The van der Waals surface area contributed by atoms with Crippen molar-refractivity contribution >= 4 is 5.96 Å². The molecule has 2 rings (SSSR count). The van der Waals surface area contributed by atoms with Gasteiger partial charge in [-0.1, -0.05) is 12.1 Å². The molecule has 0 aromatic carbocycles. The lowest BCUT2D eigenvalue weighted by Crippen LogP contribution is -2.33. The smallest absolute Gasteiger partial charge is 0.250 e. The van der Waals surface area contributed by atoms with E-state index >= 15 is 0 Å². The molecule has 2 aromatic heterocycles. The van der Waals surface area contributed by atoms with Crippen LogP contribution < -0.4 is 16.6 Å². The molecular formula is C17H23N5O. The maximum absolute atomic E-state index is 11.5. The number of aliphatic imine (C=N–C) groups is 1. The van der Waals surface area contributed by atoms with Gasteiger partial charge in [-0.15, -0.1) is 0 Å². The van der Waals surface area contributed by atoms with E-state index in [2.05, 4.69) is 15.3 Å². The van der Waals surface area contributed by atoms with Gasteiger partial charge >= 0.3 is 0 Å². The summed E-state index contributed by atoms with van der Waals surface area (Å²) < 4.78 is 1.71. The number of nitrogens with zero attached hydrogens (tertiary/aromatic N) is 3. The van der Waals surface area contributed by atoms with Crippen LogP contribution in [0.15, 0.2) is 58.6 Å². The number of aryl methyl sites for hydroxylation is 1. The van der Waals surface area contributed by atoms with Crippen molar-refractivity contribution in [2.75, 3.05) is 13.1 Å². The molecule has 0 fully saturated rings. The zero-order valence-corrected chi connectivity index (χ0v) is 13.2. The van der Waals surface area contributed by atoms with E-state index < -0.39 is 0 Å². The van der Waals surface area contributed by atoms with Crippen molar-refractivity contribution < 1.29 is 0 Å². The molecule has 0 unspecified atom stereocenters. The minimum atomic E-state index is 0.0340. The first-order valence-electron chi connectivity index (χ1n) is 7.85. The SMILES string of the molecule is NC(=NCCCCn1ccccc1=O)NCCc1ccccn1. The summed E-state index contributed by atoms with van der Waals surface area (Å²) in [4.78, 5) is 20.1. The number of nitrogens with two attached hydrogens (primary N) is 1. The van der Waals surface area contributed by atoms with E-state index in [-0.39, 0.29) is 5.56 Å². The number of guanidine groups is 1. The average molecular weight is 313 g/mol. The summed E-state index contributed by atoms with van der Waals surface area (Å²) in [7, 11) is 0. The largest absolute Gasteiger partial charge is 0.370 e. The Morgan fingerprint density at radius 2 is 2.09 bits per heavy atom. The Kier molecular flexibility index (Phi) is 6.84. The Morgan fingerprint density at radius 3 is 2.87 bits per heavy atom. The highest BCUT2D eigenvalue weighted by atomic mass is 16.1. The number of hydrogen-bond donors (Lipinski definition) is 2. The van der Waals surface area contributed by atoms with Crippen molar-refractivity contribution in [1.29, 1.82) is 0 Å². The van der Waals surface area contributed by atoms with E-state index in [4.69, 9.17) is 5.73 Å². The third-order valence-electron chi connectivity index (χ3n) is 3.40. The van der Waals surface area contributed by atoms with Gasteiger partial charge in [0, 0.05) is 50.2 Å². The Labute approximate surface area is 136 Å². The Morgan fingerprint density at radius 1 is 1.22 bits per heavy atom. The Balaban J connectivity index is 1.60. The molecule has 6 heteroatoms. The topological polar surface area (TPSA) is 85.3 Å². The van der Waals surface area contributed by atoms with Crippen LogP contribution in [0.1, 0.15) is 18.5 Å². The minimum Gasteiger partial charge on any atom is -0.370 e. The normalized spacial score (nSPS) is 11.4. The number of hydrogen-bond acceptors (Lipinski definition) is 3. The summed E-state index contributed by atoms with van der Waals surface area (Å²) in [6, 6.07) is 11.0. The van der Waals surface area contributed by atoms with Crippen LogP contribution in [0.4, 0.5) is 0 Å². The molecule has 0 atom stereocenters. The second-order valence-corrected chi connectivity index (χ2v) is 5.20. The number of unbranched alkanes of at least 4 members (excludes halogenated alkanes) is 1. The zero-order valence-electron chi connectivity index (χ0n) is 13.2. The van der Waals surface area contributed by atoms with Crippen LogP contribution in [0.2, 0.25) is 0 Å². The highest BCUT2D eigenvalue weighted by Gasteiger charge is 1.96. The van der Waals surface area contributed by atoms with Crippen LogP contribution in [-0.2, 0) is 13.0 Å². The van der Waals surface area contributed by atoms with E-state index in [1.807, 2.05) is 24.3 Å². The maximum atomic E-state index is 11.5. The highest BCUT2D eigenvalue weighted by molar-refractivity contribution is 5.77. The van der Waals surface area contributed by atoms with Gasteiger partial charge in [-0.3, -0.25) is 14.8 Å². The maximum Gasteiger partial charge on any atom is 0.250 e. The van der Waals surface area contributed by atoms with Crippen molar-refractivity contribution in [3.63, 3.8) is 0 Å². The third kappa shape index (κ3) is 6.34. The number of aromatic nitrogens is 2. The number of nitrogens with one attached hydrogen (secondary N) is 1. The van der Waals surface area contributed by atoms with Crippen molar-refractivity contribution in [3.8, 4) is 0 Å². The van der Waals surface area contributed by atoms with Crippen molar-refractivity contribution in [1.82, 2.24) is 14.9 Å². The fraction of sp³-hybridized carbons (Fsp3) is 0.353. The molecule has 0 aliphatic carbocycles. The lowest BCUT2D eigenvalue weighted by molar-refractivity contribution is 0.598. The average Bonchev–Trinajstić information content (AvgIpc) is 2.57. The first-order chi connectivity index (χ1) is 11.3. The number of rotatable bonds is 8. The van der Waals surface area contributed by atoms with Crippen molar-refractivity contribution in [2.24, 2.45) is 10.7 Å². The monoisotopic (exact) mass is 313 g/mol. The number of pyridine rings is 2. The first-order valence-corrected chi connectivity index (χ1v) is 7.85. The lowest BCUT2D eigenvalue weighted by Gasteiger charge is -2.06. The molecule has 0 saturated carbocycles. The Hall–Kier alpha value is -2.63. The predicted octanol–water partition coefficient (Wildman–Crippen LogP) is 1.17. The van der Waals surface area contributed by atoms with Crippen LogP contribution in [0.5, 0.6) is 0 Å². The predicted molar refractivity (Wildman–Crippen MR) is 92.4 cm³/mol. The molecule has 0 amide bonds. The fourth-order valence-electron chi connectivity index (χ4n) is 2.16. The molecule has 23 heavy (non-hydrogen) atoms. The zero-order chi connectivity index (χ0) is 16.3. The van der Waals surface area contributed by atoms with Crippen LogP contribution in [0.25, 0.3) is 0 Å². The van der Waals surface area contributed by atoms with E-state index in [1.165, 1.54) is 0 Å². The molecule has 0 aliphatic heterocycles. The molecule has 0 aliphatic rings. The fourth-order valence-corrected chi connectivity index (χ4v) is 2.16. The molecule has 0 radical (unpaired) electrons. The molecule has 0 spiro atoms. The summed E-state index contributed by atoms with van der Waals surface area (Å²) in [5, 5.41) is 3.08. The lowest BCUT2D eigenvalue weighted by atomic mass is 10.3. The minimum absolute atomic E-state index is 0.0340. The van der Waals surface area contributed by atoms with Gasteiger partial charge in [0.25, 0.3) is 0 Å². The van der Waals surface area contributed by atoms with Gasteiger partial charge in [-0.2, -0.15) is 0 Å². The standard InChI is InChI=1S/C17H23N5O/c18-17(21-12-9-15-7-1-3-10-19-15)20-11-4-6-14-22-13-5-2-8-16(22)23/h1-3,5,7-8,10,13H,4,6,9,11-12,14H2,(H3,18,20,21). The van der Waals surface area contributed by atoms with E-state index in [0.29, 0.717) is 25.6 Å². The van der Waals surface area contributed by atoms with E-state index in [9.17, 15) is 4.79 Å². The van der Waals surface area contributed by atoms with Crippen LogP contribution >= 0.6 is 0 Å². The van der Waals surface area contributed by atoms with Crippen molar-refractivity contribution in [2.45, 2.75) is 25.8 Å². The molecule has 3 N–H and O–H groups in total. The summed E-state index contributed by atoms with van der Waals surface area (Å²) in [5.74, 6) is 0.456. The molecule has 122 valence electrons. The van der Waals surface area contributed by atoms with E-state index in [1.54, 1.807) is 29.1 Å². The van der Waals surface area contributed by atoms with Gasteiger partial charge in [0.1, 0.15) is 0 Å². The van der Waals surface area contributed by atoms with Gasteiger partial charge < -0.3 is 15.6 Å². The van der Waals surface area contributed by atoms with Crippen LogP contribution in [0, 0.1) is 0 Å². The summed E-state index contributed by atoms with van der Waals surface area (Å²) >= 11 is 0. The second-order valence-electron chi connectivity index (χ2n) is 5.20. The molecule has 0 bridgehead atoms. The van der Waals surface area contributed by atoms with Crippen molar-refractivity contribution in [3.05, 3.63) is 64.8 Å². The van der Waals surface area contributed by atoms with Crippen LogP contribution in [-0.4, -0.2) is 28.6 Å². The molecule has 2 aromatic rings. The highest BCUT2D eigenvalue weighted by Crippen LogP contribution is 1.94. The third-order valence-corrected chi connectivity index (χ3v) is 3.40.